The normalized spacial score (nSPS) is 10.3. The lowest BCUT2D eigenvalue weighted by atomic mass is 10.1. The number of hydrogen-bond donors (Lipinski definition) is 2. The van der Waals surface area contributed by atoms with E-state index in [1.807, 2.05) is 25.1 Å². The molecular weight excluding hydrogens is 268 g/mol. The first-order valence-corrected chi connectivity index (χ1v) is 6.64. The number of halogens is 1. The first-order valence-electron chi connectivity index (χ1n) is 5.45. The van der Waals surface area contributed by atoms with Crippen molar-refractivity contribution in [3.63, 3.8) is 0 Å². The van der Waals surface area contributed by atoms with Crippen LogP contribution in [0, 0.1) is 6.92 Å². The topological polar surface area (TPSA) is 55.1 Å². The third-order valence-electron chi connectivity index (χ3n) is 2.59. The minimum Gasteiger partial charge on any atom is -0.380 e. The van der Waals surface area contributed by atoms with Crippen LogP contribution in [0.5, 0.6) is 0 Å². The highest BCUT2D eigenvalue weighted by atomic mass is 35.5. The number of anilines is 1. The van der Waals surface area contributed by atoms with Crippen molar-refractivity contribution < 1.29 is 4.79 Å². The second kappa shape index (κ2) is 5.42. The molecule has 0 fully saturated rings. The fraction of sp³-hybridized carbons (Fsp3) is 0.154. The summed E-state index contributed by atoms with van der Waals surface area (Å²) < 4.78 is 0.785. The van der Waals surface area contributed by atoms with Gasteiger partial charge in [-0.3, -0.25) is 4.79 Å². The molecule has 0 saturated carbocycles. The average Bonchev–Trinajstić information content (AvgIpc) is 2.73. The molecule has 2 rings (SSSR count). The molecule has 0 atom stereocenters. The van der Waals surface area contributed by atoms with Crippen molar-refractivity contribution in [2.45, 2.75) is 13.5 Å². The van der Waals surface area contributed by atoms with Gasteiger partial charge in [0.2, 0.25) is 5.91 Å². The largest absolute Gasteiger partial charge is 0.380 e. The van der Waals surface area contributed by atoms with Gasteiger partial charge in [-0.1, -0.05) is 11.6 Å². The summed E-state index contributed by atoms with van der Waals surface area (Å²) in [5.74, 6) is -0.408. The Morgan fingerprint density at radius 2 is 2.17 bits per heavy atom. The van der Waals surface area contributed by atoms with Crippen LogP contribution in [0.2, 0.25) is 4.34 Å². The number of thiophene rings is 1. The molecule has 1 amide bonds. The van der Waals surface area contributed by atoms with Crippen molar-refractivity contribution in [3.8, 4) is 0 Å². The molecule has 18 heavy (non-hydrogen) atoms. The fourth-order valence-corrected chi connectivity index (χ4v) is 2.67. The molecule has 1 heterocycles. The second-order valence-electron chi connectivity index (χ2n) is 3.95. The molecule has 0 saturated heterocycles. The number of aryl methyl sites for hydroxylation is 1. The zero-order chi connectivity index (χ0) is 13.1. The highest BCUT2D eigenvalue weighted by Crippen LogP contribution is 2.23. The monoisotopic (exact) mass is 280 g/mol. The highest BCUT2D eigenvalue weighted by Gasteiger charge is 2.04. The number of benzene rings is 1. The minimum atomic E-state index is -0.408. The Kier molecular flexibility index (Phi) is 3.89. The van der Waals surface area contributed by atoms with Crippen LogP contribution in [0.3, 0.4) is 0 Å². The van der Waals surface area contributed by atoms with Crippen LogP contribution >= 0.6 is 22.9 Å². The predicted octanol–water partition coefficient (Wildman–Crippen LogP) is 3.42. The second-order valence-corrected chi connectivity index (χ2v) is 5.75. The molecule has 5 heteroatoms. The molecule has 0 spiro atoms. The smallest absolute Gasteiger partial charge is 0.248 e. The van der Waals surface area contributed by atoms with E-state index in [1.165, 1.54) is 4.88 Å². The van der Waals surface area contributed by atoms with Gasteiger partial charge in [-0.25, -0.2) is 0 Å². The lowest BCUT2D eigenvalue weighted by molar-refractivity contribution is 0.1000. The Balaban J connectivity index is 2.08. The molecule has 3 nitrogen and oxygen atoms in total. The highest BCUT2D eigenvalue weighted by molar-refractivity contribution is 7.16. The number of hydrogen-bond acceptors (Lipinski definition) is 3. The maximum atomic E-state index is 11.0. The Labute approximate surface area is 115 Å². The van der Waals surface area contributed by atoms with E-state index in [-0.39, 0.29) is 0 Å². The number of nitrogens with two attached hydrogens (primary N) is 1. The molecule has 0 aliphatic heterocycles. The van der Waals surface area contributed by atoms with Gasteiger partial charge in [0, 0.05) is 22.7 Å². The van der Waals surface area contributed by atoms with E-state index in [0.717, 1.165) is 15.6 Å². The molecule has 0 unspecified atom stereocenters. The van der Waals surface area contributed by atoms with Crippen molar-refractivity contribution in [2.24, 2.45) is 5.73 Å². The number of rotatable bonds is 4. The van der Waals surface area contributed by atoms with Gasteiger partial charge in [-0.2, -0.15) is 0 Å². The Bertz CT molecular complexity index is 580. The molecule has 0 aliphatic carbocycles. The third kappa shape index (κ3) is 3.03. The van der Waals surface area contributed by atoms with Gasteiger partial charge in [0.25, 0.3) is 0 Å². The zero-order valence-corrected chi connectivity index (χ0v) is 11.4. The lowest BCUT2D eigenvalue weighted by Gasteiger charge is -2.09. The third-order valence-corrected chi connectivity index (χ3v) is 3.82. The lowest BCUT2D eigenvalue weighted by Crippen LogP contribution is -2.11. The summed E-state index contributed by atoms with van der Waals surface area (Å²) >= 11 is 7.42. The Morgan fingerprint density at radius 1 is 1.39 bits per heavy atom. The first kappa shape index (κ1) is 12.9. The van der Waals surface area contributed by atoms with Crippen LogP contribution in [0.4, 0.5) is 5.69 Å². The van der Waals surface area contributed by atoms with Crippen LogP contribution in [-0.4, -0.2) is 5.91 Å². The number of carbonyl (C=O) groups is 1. The summed E-state index contributed by atoms with van der Waals surface area (Å²) in [6.07, 6.45) is 0. The van der Waals surface area contributed by atoms with E-state index < -0.39 is 5.91 Å². The summed E-state index contributed by atoms with van der Waals surface area (Å²) in [6.45, 7) is 2.66. The first-order chi connectivity index (χ1) is 8.56. The van der Waals surface area contributed by atoms with Crippen molar-refractivity contribution in [3.05, 3.63) is 50.7 Å². The summed E-state index contributed by atoms with van der Waals surface area (Å²) in [6, 6.07) is 9.25. The van der Waals surface area contributed by atoms with Crippen LogP contribution < -0.4 is 11.1 Å². The maximum absolute atomic E-state index is 11.0. The zero-order valence-electron chi connectivity index (χ0n) is 9.87. The number of amides is 1. The van der Waals surface area contributed by atoms with Gasteiger partial charge in [0.15, 0.2) is 0 Å². The van der Waals surface area contributed by atoms with Gasteiger partial charge >= 0.3 is 0 Å². The molecule has 0 radical (unpaired) electrons. The quantitative estimate of drug-likeness (QED) is 0.902. The van der Waals surface area contributed by atoms with Crippen molar-refractivity contribution in [1.82, 2.24) is 0 Å². The summed E-state index contributed by atoms with van der Waals surface area (Å²) in [4.78, 5) is 12.2. The Hall–Kier alpha value is -1.52. The molecule has 94 valence electrons. The van der Waals surface area contributed by atoms with Gasteiger partial charge in [0.1, 0.15) is 0 Å². The van der Waals surface area contributed by atoms with Crippen molar-refractivity contribution >= 4 is 34.5 Å². The number of carbonyl (C=O) groups excluding carboxylic acids is 1. The van der Waals surface area contributed by atoms with E-state index in [1.54, 1.807) is 23.5 Å². The minimum absolute atomic E-state index is 0.408. The number of nitrogens with one attached hydrogen (secondary N) is 1. The number of primary amides is 1. The van der Waals surface area contributed by atoms with Crippen LogP contribution in [0.25, 0.3) is 0 Å². The SMILES string of the molecule is Cc1cc(C(N)=O)ccc1NCc1ccc(Cl)s1. The molecule has 2 aromatic rings. The molecule has 1 aromatic carbocycles. The van der Waals surface area contributed by atoms with Gasteiger partial charge in [-0.15, -0.1) is 11.3 Å². The fourth-order valence-electron chi connectivity index (χ4n) is 1.64. The van der Waals surface area contributed by atoms with Crippen LogP contribution in [-0.2, 0) is 6.54 Å². The van der Waals surface area contributed by atoms with Crippen LogP contribution in [0.1, 0.15) is 20.8 Å². The molecule has 3 N–H and O–H groups in total. The van der Waals surface area contributed by atoms with E-state index in [2.05, 4.69) is 5.32 Å². The van der Waals surface area contributed by atoms with E-state index in [4.69, 9.17) is 17.3 Å². The van der Waals surface area contributed by atoms with E-state index >= 15 is 0 Å². The molecular formula is C13H13ClN2OS. The predicted molar refractivity (Wildman–Crippen MR) is 76.4 cm³/mol. The van der Waals surface area contributed by atoms with Gasteiger partial charge < -0.3 is 11.1 Å². The van der Waals surface area contributed by atoms with E-state index in [0.29, 0.717) is 12.1 Å². The van der Waals surface area contributed by atoms with Crippen LogP contribution in [0.15, 0.2) is 30.3 Å². The summed E-state index contributed by atoms with van der Waals surface area (Å²) in [5, 5.41) is 3.31. The van der Waals surface area contributed by atoms with Crippen molar-refractivity contribution in [1.29, 1.82) is 0 Å². The maximum Gasteiger partial charge on any atom is 0.248 e. The molecule has 1 aromatic heterocycles. The van der Waals surface area contributed by atoms with Gasteiger partial charge in [0.05, 0.1) is 4.34 Å². The standard InChI is InChI=1S/C13H13ClN2OS/c1-8-6-9(13(15)17)2-4-11(8)16-7-10-3-5-12(14)18-10/h2-6,16H,7H2,1H3,(H2,15,17). The van der Waals surface area contributed by atoms with Crippen molar-refractivity contribution in [2.75, 3.05) is 5.32 Å². The summed E-state index contributed by atoms with van der Waals surface area (Å²) in [7, 11) is 0. The van der Waals surface area contributed by atoms with Gasteiger partial charge in [-0.05, 0) is 42.8 Å². The Morgan fingerprint density at radius 3 is 2.72 bits per heavy atom. The average molecular weight is 281 g/mol. The molecule has 0 aliphatic rings. The summed E-state index contributed by atoms with van der Waals surface area (Å²) in [5.41, 5.74) is 7.74. The van der Waals surface area contributed by atoms with E-state index in [9.17, 15) is 4.79 Å². The molecule has 0 bridgehead atoms.